The molecule has 30 heavy (non-hydrogen) atoms. The lowest BCUT2D eigenvalue weighted by Gasteiger charge is -2.10. The first-order chi connectivity index (χ1) is 14.4. The Balaban J connectivity index is 1.73. The summed E-state index contributed by atoms with van der Waals surface area (Å²) in [5.41, 5.74) is 1.93. The van der Waals surface area contributed by atoms with Gasteiger partial charge in [0.05, 0.1) is 12.0 Å². The van der Waals surface area contributed by atoms with E-state index in [0.29, 0.717) is 22.7 Å². The Morgan fingerprint density at radius 1 is 0.900 bits per heavy atom. The van der Waals surface area contributed by atoms with Crippen LogP contribution in [0.4, 0.5) is 22.7 Å². The van der Waals surface area contributed by atoms with Crippen LogP contribution < -0.4 is 15.4 Å². The molecule has 0 aromatic heterocycles. The Morgan fingerprint density at radius 2 is 1.50 bits per heavy atom. The second-order valence-corrected chi connectivity index (χ2v) is 6.43. The van der Waals surface area contributed by atoms with Crippen molar-refractivity contribution < 1.29 is 19.2 Å². The average Bonchev–Trinajstić information content (AvgIpc) is 2.74. The number of ether oxygens (including phenoxy) is 1. The molecule has 0 aliphatic rings. The molecule has 2 N–H and O–H groups in total. The van der Waals surface area contributed by atoms with Gasteiger partial charge in [0, 0.05) is 28.6 Å². The monoisotopic (exact) mass is 405 g/mol. The molecule has 0 bridgehead atoms. The summed E-state index contributed by atoms with van der Waals surface area (Å²) in [6.45, 7) is 1.35. The number of nitro groups is 1. The van der Waals surface area contributed by atoms with Crippen LogP contribution in [0.2, 0.25) is 0 Å². The number of nitrogens with zero attached hydrogens (tertiary/aromatic N) is 1. The van der Waals surface area contributed by atoms with E-state index in [-0.39, 0.29) is 28.6 Å². The minimum Gasteiger partial charge on any atom is -0.497 e. The summed E-state index contributed by atoms with van der Waals surface area (Å²) in [7, 11) is 1.56. The summed E-state index contributed by atoms with van der Waals surface area (Å²) in [6, 6.07) is 17.7. The zero-order valence-corrected chi connectivity index (χ0v) is 16.3. The Hall–Kier alpha value is -4.20. The highest BCUT2D eigenvalue weighted by Gasteiger charge is 2.16. The highest BCUT2D eigenvalue weighted by molar-refractivity contribution is 6.04. The molecule has 152 valence electrons. The maximum atomic E-state index is 12.4. The molecule has 3 rings (SSSR count). The van der Waals surface area contributed by atoms with Crippen LogP contribution in [0.15, 0.2) is 66.7 Å². The topological polar surface area (TPSA) is 111 Å². The number of carbonyl (C=O) groups excluding carboxylic acids is 2. The molecule has 0 atom stereocenters. The Morgan fingerprint density at radius 3 is 2.07 bits per heavy atom. The van der Waals surface area contributed by atoms with E-state index in [1.54, 1.807) is 55.6 Å². The predicted molar refractivity (Wildman–Crippen MR) is 114 cm³/mol. The number of benzene rings is 3. The number of Topliss-reactive ketones (excluding diaryl/α,β-unsaturated/α-hetero) is 1. The third-order valence-electron chi connectivity index (χ3n) is 4.37. The number of carbonyl (C=O) groups is 2. The van der Waals surface area contributed by atoms with Gasteiger partial charge in [-0.1, -0.05) is 0 Å². The lowest BCUT2D eigenvalue weighted by Crippen LogP contribution is -2.11. The van der Waals surface area contributed by atoms with E-state index in [0.717, 1.165) is 0 Å². The Bertz CT molecular complexity index is 1090. The lowest BCUT2D eigenvalue weighted by molar-refractivity contribution is -0.383. The van der Waals surface area contributed by atoms with E-state index in [4.69, 9.17) is 4.74 Å². The first-order valence-corrected chi connectivity index (χ1v) is 8.99. The maximum Gasteiger partial charge on any atom is 0.293 e. The summed E-state index contributed by atoms with van der Waals surface area (Å²) in [4.78, 5) is 34.7. The Labute approximate surface area is 172 Å². The van der Waals surface area contributed by atoms with Crippen LogP contribution in [0.25, 0.3) is 0 Å². The normalized spacial score (nSPS) is 10.2. The van der Waals surface area contributed by atoms with E-state index in [9.17, 15) is 19.7 Å². The van der Waals surface area contributed by atoms with Gasteiger partial charge in [-0.2, -0.15) is 0 Å². The first-order valence-electron chi connectivity index (χ1n) is 8.99. The van der Waals surface area contributed by atoms with E-state index < -0.39 is 4.92 Å². The van der Waals surface area contributed by atoms with Crippen molar-refractivity contribution in [2.75, 3.05) is 17.7 Å². The number of hydrogen-bond donors (Lipinski definition) is 2. The summed E-state index contributed by atoms with van der Waals surface area (Å²) in [5, 5.41) is 17.1. The van der Waals surface area contributed by atoms with Crippen LogP contribution in [0, 0.1) is 10.1 Å². The lowest BCUT2D eigenvalue weighted by atomic mass is 10.1. The molecule has 0 fully saturated rings. The van der Waals surface area contributed by atoms with Gasteiger partial charge in [-0.25, -0.2) is 0 Å². The number of anilines is 3. The molecule has 0 heterocycles. The third kappa shape index (κ3) is 4.79. The molecular weight excluding hydrogens is 386 g/mol. The van der Waals surface area contributed by atoms with Gasteiger partial charge >= 0.3 is 0 Å². The molecule has 8 heteroatoms. The standard InChI is InChI=1S/C22H19N3O5/c1-14(26)16-5-12-20(21(13-16)25(28)29)23-17-6-3-15(4-7-17)22(27)24-18-8-10-19(30-2)11-9-18/h3-13,23H,1-2H3,(H,24,27). The van der Waals surface area contributed by atoms with E-state index in [1.165, 1.54) is 25.1 Å². The van der Waals surface area contributed by atoms with E-state index in [2.05, 4.69) is 10.6 Å². The summed E-state index contributed by atoms with van der Waals surface area (Å²) < 4.78 is 5.08. The van der Waals surface area contributed by atoms with Crippen LogP contribution in [-0.4, -0.2) is 23.7 Å². The smallest absolute Gasteiger partial charge is 0.293 e. The molecule has 0 radical (unpaired) electrons. The number of amides is 1. The molecule has 0 unspecified atom stereocenters. The molecule has 3 aromatic carbocycles. The fraction of sp³-hybridized carbons (Fsp3) is 0.0909. The van der Waals surface area contributed by atoms with Gasteiger partial charge in [0.1, 0.15) is 11.4 Å². The first kappa shape index (κ1) is 20.5. The predicted octanol–water partition coefficient (Wildman–Crippen LogP) is 4.80. The van der Waals surface area contributed by atoms with E-state index in [1.807, 2.05) is 0 Å². The van der Waals surface area contributed by atoms with Crippen LogP contribution in [0.5, 0.6) is 5.75 Å². The van der Waals surface area contributed by atoms with Crippen molar-refractivity contribution in [3.8, 4) is 5.75 Å². The highest BCUT2D eigenvalue weighted by Crippen LogP contribution is 2.29. The van der Waals surface area contributed by atoms with Crippen LogP contribution >= 0.6 is 0 Å². The average molecular weight is 405 g/mol. The molecule has 1 amide bonds. The zero-order valence-electron chi connectivity index (χ0n) is 16.3. The second kappa shape index (κ2) is 8.87. The van der Waals surface area contributed by atoms with Crippen molar-refractivity contribution in [2.24, 2.45) is 0 Å². The van der Waals surface area contributed by atoms with Gasteiger partial charge in [-0.3, -0.25) is 19.7 Å². The highest BCUT2D eigenvalue weighted by atomic mass is 16.6. The van der Waals surface area contributed by atoms with Crippen molar-refractivity contribution in [2.45, 2.75) is 6.92 Å². The quantitative estimate of drug-likeness (QED) is 0.332. The molecule has 0 spiro atoms. The number of methoxy groups -OCH3 is 1. The summed E-state index contributed by atoms with van der Waals surface area (Å²) in [5.74, 6) is 0.147. The third-order valence-corrected chi connectivity index (χ3v) is 4.37. The molecule has 0 saturated heterocycles. The molecule has 0 aliphatic carbocycles. The van der Waals surface area contributed by atoms with E-state index >= 15 is 0 Å². The largest absolute Gasteiger partial charge is 0.497 e. The van der Waals surface area contributed by atoms with Gasteiger partial charge in [0.15, 0.2) is 5.78 Å². The van der Waals surface area contributed by atoms with Crippen molar-refractivity contribution in [1.29, 1.82) is 0 Å². The number of nitrogens with one attached hydrogen (secondary N) is 2. The Kier molecular flexibility index (Phi) is 6.07. The number of nitro benzene ring substituents is 1. The van der Waals surface area contributed by atoms with Crippen LogP contribution in [0.3, 0.4) is 0 Å². The maximum absolute atomic E-state index is 12.4. The fourth-order valence-corrected chi connectivity index (χ4v) is 2.75. The van der Waals surface area contributed by atoms with Crippen LogP contribution in [0.1, 0.15) is 27.6 Å². The van der Waals surface area contributed by atoms with Gasteiger partial charge in [0.25, 0.3) is 11.6 Å². The van der Waals surface area contributed by atoms with Crippen molar-refractivity contribution >= 4 is 34.4 Å². The van der Waals surface area contributed by atoms with Crippen molar-refractivity contribution in [1.82, 2.24) is 0 Å². The molecule has 8 nitrogen and oxygen atoms in total. The second-order valence-electron chi connectivity index (χ2n) is 6.43. The van der Waals surface area contributed by atoms with Gasteiger partial charge in [-0.15, -0.1) is 0 Å². The minimum atomic E-state index is -0.550. The van der Waals surface area contributed by atoms with Crippen LogP contribution in [-0.2, 0) is 0 Å². The zero-order chi connectivity index (χ0) is 21.7. The molecule has 0 aliphatic heterocycles. The molecular formula is C22H19N3O5. The summed E-state index contributed by atoms with van der Waals surface area (Å²) >= 11 is 0. The van der Waals surface area contributed by atoms with Gasteiger partial charge in [-0.05, 0) is 67.6 Å². The fourth-order valence-electron chi connectivity index (χ4n) is 2.75. The van der Waals surface area contributed by atoms with Crippen molar-refractivity contribution in [3.05, 3.63) is 88.0 Å². The minimum absolute atomic E-state index is 0.205. The summed E-state index contributed by atoms with van der Waals surface area (Å²) in [6.07, 6.45) is 0. The van der Waals surface area contributed by atoms with Crippen molar-refractivity contribution in [3.63, 3.8) is 0 Å². The number of rotatable bonds is 7. The number of ketones is 1. The molecule has 0 saturated carbocycles. The number of hydrogen-bond acceptors (Lipinski definition) is 6. The molecule has 3 aromatic rings. The van der Waals surface area contributed by atoms with Gasteiger partial charge < -0.3 is 15.4 Å². The van der Waals surface area contributed by atoms with Gasteiger partial charge in [0.2, 0.25) is 0 Å². The SMILES string of the molecule is COc1ccc(NC(=O)c2ccc(Nc3ccc(C(C)=O)cc3[N+](=O)[O-])cc2)cc1.